The SMILES string of the molecule is O=C(c1ccc(O)cc1)C1CCN(C(=O)c2ccc3cc[nH]c3c2)CC1. The summed E-state index contributed by atoms with van der Waals surface area (Å²) in [5.41, 5.74) is 2.24. The first-order valence-corrected chi connectivity index (χ1v) is 8.81. The highest BCUT2D eigenvalue weighted by Gasteiger charge is 2.28. The summed E-state index contributed by atoms with van der Waals surface area (Å²) in [4.78, 5) is 30.3. The van der Waals surface area contributed by atoms with Gasteiger partial charge in [0.15, 0.2) is 5.78 Å². The van der Waals surface area contributed by atoms with E-state index < -0.39 is 0 Å². The fraction of sp³-hybridized carbons (Fsp3) is 0.238. The normalized spacial score (nSPS) is 15.3. The zero-order valence-corrected chi connectivity index (χ0v) is 14.3. The molecule has 4 rings (SSSR count). The van der Waals surface area contributed by atoms with Crippen LogP contribution in [0.3, 0.4) is 0 Å². The fourth-order valence-electron chi connectivity index (χ4n) is 3.57. The summed E-state index contributed by atoms with van der Waals surface area (Å²) in [6.45, 7) is 1.16. The number of phenols is 1. The van der Waals surface area contributed by atoms with Gasteiger partial charge in [0.25, 0.3) is 5.91 Å². The Balaban J connectivity index is 1.41. The van der Waals surface area contributed by atoms with E-state index in [1.165, 1.54) is 12.1 Å². The van der Waals surface area contributed by atoms with Crippen molar-refractivity contribution in [2.45, 2.75) is 12.8 Å². The molecule has 1 amide bonds. The van der Waals surface area contributed by atoms with Gasteiger partial charge in [-0.2, -0.15) is 0 Å². The lowest BCUT2D eigenvalue weighted by Gasteiger charge is -2.31. The molecule has 5 nitrogen and oxygen atoms in total. The Morgan fingerprint density at radius 2 is 1.65 bits per heavy atom. The standard InChI is InChI=1S/C21H20N2O3/c24-18-5-3-15(4-6-18)20(25)16-8-11-23(12-9-16)21(26)17-2-1-14-7-10-22-19(14)13-17/h1-7,10,13,16,22,24H,8-9,11-12H2. The van der Waals surface area contributed by atoms with Crippen LogP contribution in [0.25, 0.3) is 10.9 Å². The van der Waals surface area contributed by atoms with Gasteiger partial charge in [-0.15, -0.1) is 0 Å². The Hall–Kier alpha value is -3.08. The van der Waals surface area contributed by atoms with Gasteiger partial charge < -0.3 is 15.0 Å². The van der Waals surface area contributed by atoms with Gasteiger partial charge in [0, 0.05) is 41.8 Å². The van der Waals surface area contributed by atoms with Crippen LogP contribution < -0.4 is 0 Å². The van der Waals surface area contributed by atoms with E-state index in [0.717, 1.165) is 10.9 Å². The van der Waals surface area contributed by atoms with Crippen molar-refractivity contribution in [3.8, 4) is 5.75 Å². The van der Waals surface area contributed by atoms with E-state index in [9.17, 15) is 14.7 Å². The number of benzene rings is 2. The molecule has 0 aliphatic carbocycles. The highest BCUT2D eigenvalue weighted by molar-refractivity contribution is 5.99. The molecule has 0 bridgehead atoms. The summed E-state index contributed by atoms with van der Waals surface area (Å²) in [7, 11) is 0. The van der Waals surface area contributed by atoms with Crippen molar-refractivity contribution in [1.82, 2.24) is 9.88 Å². The number of carbonyl (C=O) groups excluding carboxylic acids is 2. The van der Waals surface area contributed by atoms with Crippen molar-refractivity contribution in [2.75, 3.05) is 13.1 Å². The van der Waals surface area contributed by atoms with Crippen LogP contribution in [0, 0.1) is 5.92 Å². The van der Waals surface area contributed by atoms with Gasteiger partial charge in [-0.1, -0.05) is 6.07 Å². The highest BCUT2D eigenvalue weighted by Crippen LogP contribution is 2.24. The number of likely N-dealkylation sites (tertiary alicyclic amines) is 1. The second-order valence-corrected chi connectivity index (χ2v) is 6.76. The molecule has 0 unspecified atom stereocenters. The minimum atomic E-state index is -0.0746. The lowest BCUT2D eigenvalue weighted by atomic mass is 9.88. The Bertz CT molecular complexity index is 951. The summed E-state index contributed by atoms with van der Waals surface area (Å²) < 4.78 is 0. The molecule has 1 aliphatic rings. The highest BCUT2D eigenvalue weighted by atomic mass is 16.3. The molecule has 0 atom stereocenters. The molecule has 0 saturated carbocycles. The molecule has 26 heavy (non-hydrogen) atoms. The van der Waals surface area contributed by atoms with Gasteiger partial charge in [-0.25, -0.2) is 0 Å². The Morgan fingerprint density at radius 3 is 2.38 bits per heavy atom. The maximum atomic E-state index is 12.7. The van der Waals surface area contributed by atoms with Crippen LogP contribution in [0.15, 0.2) is 54.7 Å². The quantitative estimate of drug-likeness (QED) is 0.710. The van der Waals surface area contributed by atoms with Crippen molar-refractivity contribution in [3.05, 3.63) is 65.9 Å². The number of piperidine rings is 1. The third-order valence-electron chi connectivity index (χ3n) is 5.11. The van der Waals surface area contributed by atoms with Crippen molar-refractivity contribution in [2.24, 2.45) is 5.92 Å². The summed E-state index contributed by atoms with van der Waals surface area (Å²) in [6.07, 6.45) is 3.19. The number of H-pyrrole nitrogens is 1. The number of fused-ring (bicyclic) bond motifs is 1. The largest absolute Gasteiger partial charge is 0.508 e. The van der Waals surface area contributed by atoms with Crippen molar-refractivity contribution in [1.29, 1.82) is 0 Å². The van der Waals surface area contributed by atoms with Crippen molar-refractivity contribution in [3.63, 3.8) is 0 Å². The lowest BCUT2D eigenvalue weighted by Crippen LogP contribution is -2.40. The number of phenolic OH excluding ortho intramolecular Hbond substituents is 1. The minimum absolute atomic E-state index is 0.0111. The van der Waals surface area contributed by atoms with Gasteiger partial charge in [-0.3, -0.25) is 9.59 Å². The predicted octanol–water partition coefficient (Wildman–Crippen LogP) is 3.61. The van der Waals surface area contributed by atoms with Gasteiger partial charge >= 0.3 is 0 Å². The molecule has 1 fully saturated rings. The number of Topliss-reactive ketones (excluding diaryl/α,β-unsaturated/α-hetero) is 1. The molecule has 2 heterocycles. The number of nitrogens with one attached hydrogen (secondary N) is 1. The predicted molar refractivity (Wildman–Crippen MR) is 99.4 cm³/mol. The lowest BCUT2D eigenvalue weighted by molar-refractivity contribution is 0.0650. The minimum Gasteiger partial charge on any atom is -0.508 e. The average Bonchev–Trinajstić information content (AvgIpc) is 3.15. The molecular formula is C21H20N2O3. The summed E-state index contributed by atoms with van der Waals surface area (Å²) in [5, 5.41) is 10.4. The van der Waals surface area contributed by atoms with Gasteiger partial charge in [0.05, 0.1) is 0 Å². The number of hydrogen-bond donors (Lipinski definition) is 2. The maximum Gasteiger partial charge on any atom is 0.253 e. The van der Waals surface area contributed by atoms with E-state index in [2.05, 4.69) is 4.98 Å². The molecule has 2 N–H and O–H groups in total. The summed E-state index contributed by atoms with van der Waals surface area (Å²) >= 11 is 0. The number of rotatable bonds is 3. The van der Waals surface area contributed by atoms with Gasteiger partial charge in [0.1, 0.15) is 5.75 Å². The fourth-order valence-corrected chi connectivity index (χ4v) is 3.57. The molecule has 132 valence electrons. The van der Waals surface area contributed by atoms with E-state index in [0.29, 0.717) is 37.1 Å². The zero-order valence-electron chi connectivity index (χ0n) is 14.3. The number of carbonyl (C=O) groups is 2. The van der Waals surface area contributed by atoms with Crippen LogP contribution in [-0.2, 0) is 0 Å². The van der Waals surface area contributed by atoms with Crippen LogP contribution in [0.2, 0.25) is 0 Å². The molecule has 1 aliphatic heterocycles. The van der Waals surface area contributed by atoms with Gasteiger partial charge in [0.2, 0.25) is 0 Å². The van der Waals surface area contributed by atoms with Crippen LogP contribution in [0.5, 0.6) is 5.75 Å². The second-order valence-electron chi connectivity index (χ2n) is 6.76. The monoisotopic (exact) mass is 348 g/mol. The van der Waals surface area contributed by atoms with E-state index in [4.69, 9.17) is 0 Å². The number of hydrogen-bond acceptors (Lipinski definition) is 3. The van der Waals surface area contributed by atoms with E-state index in [-0.39, 0.29) is 23.4 Å². The van der Waals surface area contributed by atoms with E-state index >= 15 is 0 Å². The number of amides is 1. The van der Waals surface area contributed by atoms with Crippen LogP contribution in [0.1, 0.15) is 33.6 Å². The second kappa shape index (κ2) is 6.67. The number of aromatic hydroxyl groups is 1. The molecule has 3 aromatic rings. The molecule has 0 spiro atoms. The summed E-state index contributed by atoms with van der Waals surface area (Å²) in [5.74, 6) is 0.178. The third-order valence-corrected chi connectivity index (χ3v) is 5.11. The first-order valence-electron chi connectivity index (χ1n) is 8.81. The topological polar surface area (TPSA) is 73.4 Å². The molecule has 1 saturated heterocycles. The Morgan fingerprint density at radius 1 is 0.962 bits per heavy atom. The van der Waals surface area contributed by atoms with E-state index in [1.807, 2.05) is 35.4 Å². The van der Waals surface area contributed by atoms with Gasteiger partial charge in [-0.05, 0) is 60.7 Å². The zero-order chi connectivity index (χ0) is 18.1. The van der Waals surface area contributed by atoms with E-state index in [1.54, 1.807) is 12.1 Å². The Kier molecular flexibility index (Phi) is 4.21. The molecular weight excluding hydrogens is 328 g/mol. The molecule has 1 aromatic heterocycles. The van der Waals surface area contributed by atoms with Crippen LogP contribution in [-0.4, -0.2) is 39.8 Å². The third kappa shape index (κ3) is 3.08. The molecule has 2 aromatic carbocycles. The van der Waals surface area contributed by atoms with Crippen LogP contribution >= 0.6 is 0 Å². The van der Waals surface area contributed by atoms with Crippen molar-refractivity contribution < 1.29 is 14.7 Å². The number of ketones is 1. The molecule has 5 heteroatoms. The molecule has 0 radical (unpaired) electrons. The first kappa shape index (κ1) is 16.4. The van der Waals surface area contributed by atoms with Crippen LogP contribution in [0.4, 0.5) is 0 Å². The average molecular weight is 348 g/mol. The maximum absolute atomic E-state index is 12.7. The number of nitrogens with zero attached hydrogens (tertiary/aromatic N) is 1. The van der Waals surface area contributed by atoms with Crippen molar-refractivity contribution >= 4 is 22.6 Å². The Labute approximate surface area is 151 Å². The smallest absolute Gasteiger partial charge is 0.253 e. The first-order chi connectivity index (χ1) is 12.6. The number of aromatic amines is 1. The summed E-state index contributed by atoms with van der Waals surface area (Å²) in [6, 6.07) is 14.0. The number of aromatic nitrogens is 1.